The van der Waals surface area contributed by atoms with Crippen molar-refractivity contribution in [3.8, 4) is 5.75 Å². The maximum Gasteiger partial charge on any atom is 0.237 e. The van der Waals surface area contributed by atoms with Crippen molar-refractivity contribution in [2.45, 2.75) is 24.1 Å². The zero-order valence-corrected chi connectivity index (χ0v) is 16.3. The molecule has 1 N–H and O–H groups in total. The summed E-state index contributed by atoms with van der Waals surface area (Å²) >= 11 is 9.06. The van der Waals surface area contributed by atoms with Crippen LogP contribution in [0.4, 0.5) is 5.69 Å². The number of ether oxygens (including phenoxy) is 1. The average Bonchev–Trinajstić information content (AvgIpc) is 3.07. The lowest BCUT2D eigenvalue weighted by Crippen LogP contribution is -2.23. The SMILES string of the molecule is COc1cc(Cl)c(C)cc1NC(=O)[C@H](C)Sc1ncnc2sccc12. The first-order chi connectivity index (χ1) is 12.0. The quantitative estimate of drug-likeness (QED) is 0.499. The van der Waals surface area contributed by atoms with E-state index in [0.717, 1.165) is 20.8 Å². The molecule has 0 saturated heterocycles. The molecule has 2 aromatic heterocycles. The molecular weight excluding hydrogens is 378 g/mol. The third kappa shape index (κ3) is 3.89. The van der Waals surface area contributed by atoms with Crippen molar-refractivity contribution in [1.82, 2.24) is 9.97 Å². The number of carbonyl (C=O) groups excluding carboxylic acids is 1. The number of thiophene rings is 1. The van der Waals surface area contributed by atoms with Crippen molar-refractivity contribution in [1.29, 1.82) is 0 Å². The van der Waals surface area contributed by atoms with Crippen molar-refractivity contribution < 1.29 is 9.53 Å². The van der Waals surface area contributed by atoms with Gasteiger partial charge in [-0.25, -0.2) is 9.97 Å². The number of anilines is 1. The van der Waals surface area contributed by atoms with E-state index < -0.39 is 0 Å². The second-order valence-corrected chi connectivity index (χ2v) is 8.00. The molecule has 1 amide bonds. The highest BCUT2D eigenvalue weighted by Crippen LogP contribution is 2.33. The van der Waals surface area contributed by atoms with Crippen LogP contribution in [0.1, 0.15) is 12.5 Å². The number of hydrogen-bond donors (Lipinski definition) is 1. The van der Waals surface area contributed by atoms with Crippen LogP contribution in [0.2, 0.25) is 5.02 Å². The number of aryl methyl sites for hydroxylation is 1. The Morgan fingerprint density at radius 1 is 1.40 bits per heavy atom. The predicted molar refractivity (Wildman–Crippen MR) is 104 cm³/mol. The minimum atomic E-state index is -0.335. The van der Waals surface area contributed by atoms with Crippen LogP contribution in [-0.2, 0) is 4.79 Å². The van der Waals surface area contributed by atoms with Crippen LogP contribution < -0.4 is 10.1 Å². The molecule has 0 fully saturated rings. The smallest absolute Gasteiger partial charge is 0.237 e. The van der Waals surface area contributed by atoms with E-state index >= 15 is 0 Å². The molecule has 0 bridgehead atoms. The van der Waals surface area contributed by atoms with Crippen LogP contribution in [0.3, 0.4) is 0 Å². The minimum Gasteiger partial charge on any atom is -0.495 e. The molecule has 1 atom stereocenters. The normalized spacial score (nSPS) is 12.2. The molecule has 25 heavy (non-hydrogen) atoms. The zero-order chi connectivity index (χ0) is 18.0. The molecule has 0 aliphatic carbocycles. The summed E-state index contributed by atoms with van der Waals surface area (Å²) in [5, 5.41) is 6.90. The summed E-state index contributed by atoms with van der Waals surface area (Å²) in [6.45, 7) is 3.72. The highest BCUT2D eigenvalue weighted by Gasteiger charge is 2.19. The van der Waals surface area contributed by atoms with Crippen molar-refractivity contribution in [2.24, 2.45) is 0 Å². The number of rotatable bonds is 5. The van der Waals surface area contributed by atoms with E-state index in [0.29, 0.717) is 16.5 Å². The molecule has 0 aliphatic heterocycles. The van der Waals surface area contributed by atoms with Crippen LogP contribution in [0, 0.1) is 6.92 Å². The first-order valence-corrected chi connectivity index (χ1v) is 9.63. The van der Waals surface area contributed by atoms with Crippen LogP contribution in [-0.4, -0.2) is 28.2 Å². The lowest BCUT2D eigenvalue weighted by molar-refractivity contribution is -0.115. The fourth-order valence-electron chi connectivity index (χ4n) is 2.25. The van der Waals surface area contributed by atoms with Gasteiger partial charge in [-0.1, -0.05) is 23.4 Å². The number of nitrogens with zero attached hydrogens (tertiary/aromatic N) is 2. The summed E-state index contributed by atoms with van der Waals surface area (Å²) in [7, 11) is 1.54. The van der Waals surface area contributed by atoms with Gasteiger partial charge in [0.15, 0.2) is 0 Å². The van der Waals surface area contributed by atoms with Gasteiger partial charge in [0.05, 0.1) is 18.0 Å². The van der Waals surface area contributed by atoms with Gasteiger partial charge in [0, 0.05) is 16.5 Å². The number of hydrogen-bond acceptors (Lipinski definition) is 6. The summed E-state index contributed by atoms with van der Waals surface area (Å²) in [4.78, 5) is 22.0. The third-order valence-corrected chi connectivity index (χ3v) is 5.97. The summed E-state index contributed by atoms with van der Waals surface area (Å²) in [5.41, 5.74) is 1.47. The van der Waals surface area contributed by atoms with Crippen molar-refractivity contribution in [2.75, 3.05) is 12.4 Å². The molecule has 0 spiro atoms. The molecule has 3 rings (SSSR count). The fourth-order valence-corrected chi connectivity index (χ4v) is 4.10. The lowest BCUT2D eigenvalue weighted by Gasteiger charge is -2.15. The Morgan fingerprint density at radius 3 is 2.96 bits per heavy atom. The van der Waals surface area contributed by atoms with E-state index in [1.807, 2.05) is 25.3 Å². The van der Waals surface area contributed by atoms with Gasteiger partial charge >= 0.3 is 0 Å². The number of methoxy groups -OCH3 is 1. The van der Waals surface area contributed by atoms with Gasteiger partial charge in [-0.3, -0.25) is 4.79 Å². The van der Waals surface area contributed by atoms with Crippen molar-refractivity contribution in [3.05, 3.63) is 40.5 Å². The molecule has 8 heteroatoms. The lowest BCUT2D eigenvalue weighted by atomic mass is 10.2. The first kappa shape index (κ1) is 18.0. The molecule has 2 heterocycles. The Labute approximate surface area is 158 Å². The van der Waals surface area contributed by atoms with Gasteiger partial charge in [0.2, 0.25) is 5.91 Å². The Kier molecular flexibility index (Phi) is 5.46. The van der Waals surface area contributed by atoms with Gasteiger partial charge < -0.3 is 10.1 Å². The van der Waals surface area contributed by atoms with Crippen LogP contribution in [0.15, 0.2) is 34.9 Å². The van der Waals surface area contributed by atoms with Gasteiger partial charge in [-0.2, -0.15) is 0 Å². The Balaban J connectivity index is 1.77. The molecule has 130 valence electrons. The highest BCUT2D eigenvalue weighted by atomic mass is 35.5. The standard InChI is InChI=1S/C17H16ClN3O2S2/c1-9-6-13(14(23-3)7-12(9)18)21-15(22)10(2)25-17-11-4-5-24-16(11)19-8-20-17/h4-8,10H,1-3H3,(H,21,22)/t10-/m0/s1. The van der Waals surface area contributed by atoms with E-state index in [-0.39, 0.29) is 11.2 Å². The fraction of sp³-hybridized carbons (Fsp3) is 0.235. The number of carbonyl (C=O) groups is 1. The van der Waals surface area contributed by atoms with Gasteiger partial charge in [0.25, 0.3) is 0 Å². The summed E-state index contributed by atoms with van der Waals surface area (Å²) < 4.78 is 5.30. The summed E-state index contributed by atoms with van der Waals surface area (Å²) in [5.74, 6) is 0.399. The third-order valence-electron chi connectivity index (χ3n) is 3.62. The topological polar surface area (TPSA) is 64.1 Å². The van der Waals surface area contributed by atoms with E-state index in [2.05, 4.69) is 15.3 Å². The van der Waals surface area contributed by atoms with Gasteiger partial charge in [-0.15, -0.1) is 11.3 Å². The molecule has 0 saturated carbocycles. The van der Waals surface area contributed by atoms with Crippen LogP contribution >= 0.6 is 34.7 Å². The van der Waals surface area contributed by atoms with Crippen LogP contribution in [0.25, 0.3) is 10.2 Å². The zero-order valence-electron chi connectivity index (χ0n) is 13.9. The number of nitrogens with one attached hydrogen (secondary N) is 1. The number of thioether (sulfide) groups is 1. The van der Waals surface area contributed by atoms with E-state index in [1.54, 1.807) is 30.6 Å². The van der Waals surface area contributed by atoms with E-state index in [1.165, 1.54) is 18.1 Å². The monoisotopic (exact) mass is 393 g/mol. The molecule has 3 aromatic rings. The molecule has 0 unspecified atom stereocenters. The number of halogens is 1. The average molecular weight is 394 g/mol. The molecule has 5 nitrogen and oxygen atoms in total. The molecular formula is C17H16ClN3O2S2. The summed E-state index contributed by atoms with van der Waals surface area (Å²) in [6.07, 6.45) is 1.53. The van der Waals surface area contributed by atoms with Crippen molar-refractivity contribution in [3.63, 3.8) is 0 Å². The summed E-state index contributed by atoms with van der Waals surface area (Å²) in [6, 6.07) is 5.47. The maximum atomic E-state index is 12.6. The highest BCUT2D eigenvalue weighted by molar-refractivity contribution is 8.00. The largest absolute Gasteiger partial charge is 0.495 e. The predicted octanol–water partition coefficient (Wildman–Crippen LogP) is 4.78. The second kappa shape index (κ2) is 7.59. The Morgan fingerprint density at radius 2 is 2.20 bits per heavy atom. The second-order valence-electron chi connectivity index (χ2n) is 5.37. The number of aromatic nitrogens is 2. The Hall–Kier alpha value is -1.83. The Bertz CT molecular complexity index is 929. The van der Waals surface area contributed by atoms with Gasteiger partial charge in [0.1, 0.15) is 21.9 Å². The molecule has 0 aliphatic rings. The number of benzene rings is 1. The van der Waals surface area contributed by atoms with Crippen LogP contribution in [0.5, 0.6) is 5.75 Å². The van der Waals surface area contributed by atoms with Gasteiger partial charge in [-0.05, 0) is 36.9 Å². The van der Waals surface area contributed by atoms with E-state index in [4.69, 9.17) is 16.3 Å². The molecule has 0 radical (unpaired) electrons. The number of amides is 1. The van der Waals surface area contributed by atoms with E-state index in [9.17, 15) is 4.79 Å². The minimum absolute atomic E-state index is 0.132. The number of fused-ring (bicyclic) bond motifs is 1. The first-order valence-electron chi connectivity index (χ1n) is 7.49. The van der Waals surface area contributed by atoms with Crippen molar-refractivity contribution >= 4 is 56.5 Å². The molecule has 1 aromatic carbocycles. The maximum absolute atomic E-state index is 12.6.